The van der Waals surface area contributed by atoms with Gasteiger partial charge in [0.25, 0.3) is 10.1 Å². The topological polar surface area (TPSA) is 66.9 Å². The van der Waals surface area contributed by atoms with Gasteiger partial charge in [0.1, 0.15) is 16.5 Å². The highest BCUT2D eigenvalue weighted by Gasteiger charge is 2.73. The smallest absolute Gasteiger partial charge is 0.277 e. The zero-order valence-corrected chi connectivity index (χ0v) is 13.0. The Morgan fingerprint density at radius 3 is 2.52 bits per heavy atom. The van der Waals surface area contributed by atoms with Gasteiger partial charge < -0.3 is 4.74 Å². The van der Waals surface area contributed by atoms with E-state index in [0.717, 1.165) is 5.56 Å². The molecule has 21 heavy (non-hydrogen) atoms. The molecule has 0 spiro atoms. The van der Waals surface area contributed by atoms with Gasteiger partial charge in [-0.25, -0.2) is 0 Å². The summed E-state index contributed by atoms with van der Waals surface area (Å²) in [6.07, 6.45) is 3.98. The van der Waals surface area contributed by atoms with Crippen molar-refractivity contribution in [2.45, 2.75) is 43.1 Å². The molecule has 2 unspecified atom stereocenters. The van der Waals surface area contributed by atoms with Gasteiger partial charge in [0.2, 0.25) is 0 Å². The van der Waals surface area contributed by atoms with Gasteiger partial charge in [-0.15, -0.1) is 0 Å². The van der Waals surface area contributed by atoms with Crippen molar-refractivity contribution in [1.29, 1.82) is 0 Å². The third-order valence-electron chi connectivity index (χ3n) is 4.78. The molecule has 5 heteroatoms. The van der Waals surface area contributed by atoms with Crippen LogP contribution in [0, 0.1) is 5.92 Å². The van der Waals surface area contributed by atoms with Crippen LogP contribution < -0.4 is 0 Å². The maximum atomic E-state index is 12.0. The molecule has 3 rings (SSSR count). The quantitative estimate of drug-likeness (QED) is 0.527. The molecule has 1 heterocycles. The maximum Gasteiger partial charge on any atom is 0.277 e. The minimum atomic E-state index is -4.24. The number of hydrogen-bond donors (Lipinski definition) is 1. The Morgan fingerprint density at radius 2 is 1.95 bits per heavy atom. The van der Waals surface area contributed by atoms with Crippen LogP contribution >= 0.6 is 0 Å². The van der Waals surface area contributed by atoms with E-state index in [0.29, 0.717) is 12.8 Å². The molecule has 1 saturated heterocycles. The highest BCUT2D eigenvalue weighted by Crippen LogP contribution is 2.62. The van der Waals surface area contributed by atoms with E-state index >= 15 is 0 Å². The first-order chi connectivity index (χ1) is 9.88. The molecule has 1 aliphatic carbocycles. The van der Waals surface area contributed by atoms with Gasteiger partial charge in [0.05, 0.1) is 0 Å². The molecule has 1 N–H and O–H groups in total. The lowest BCUT2D eigenvalue weighted by atomic mass is 9.74. The lowest BCUT2D eigenvalue weighted by molar-refractivity contribution is 0.253. The van der Waals surface area contributed by atoms with Crippen molar-refractivity contribution in [1.82, 2.24) is 0 Å². The molecule has 1 aromatic carbocycles. The van der Waals surface area contributed by atoms with Crippen LogP contribution in [0.1, 0.15) is 32.3 Å². The van der Waals surface area contributed by atoms with Crippen molar-refractivity contribution in [2.75, 3.05) is 0 Å². The SMILES string of the molecule is CCCC1(S(=O)(=O)O)C=CC(C)[C@]2(c3ccccc3)O[C@@H]12. The first-order valence-corrected chi connectivity index (χ1v) is 8.72. The molecule has 4 nitrogen and oxygen atoms in total. The average Bonchev–Trinajstić information content (AvgIpc) is 3.20. The molecule has 114 valence electrons. The van der Waals surface area contributed by atoms with Crippen LogP contribution in [0.15, 0.2) is 42.5 Å². The molecular weight excluding hydrogens is 288 g/mol. The van der Waals surface area contributed by atoms with Crippen molar-refractivity contribution < 1.29 is 17.7 Å². The Morgan fingerprint density at radius 1 is 1.29 bits per heavy atom. The van der Waals surface area contributed by atoms with Gasteiger partial charge in [-0.2, -0.15) is 8.42 Å². The highest BCUT2D eigenvalue weighted by molar-refractivity contribution is 7.87. The summed E-state index contributed by atoms with van der Waals surface area (Å²) in [5.74, 6) is 0.0663. The molecule has 0 radical (unpaired) electrons. The second kappa shape index (κ2) is 4.66. The summed E-state index contributed by atoms with van der Waals surface area (Å²) in [4.78, 5) is 0. The number of hydrogen-bond acceptors (Lipinski definition) is 3. The fraction of sp³-hybridized carbons (Fsp3) is 0.500. The van der Waals surface area contributed by atoms with Crippen molar-refractivity contribution >= 4 is 10.1 Å². The zero-order valence-electron chi connectivity index (χ0n) is 12.2. The molecular formula is C16H20O4S. The van der Waals surface area contributed by atoms with Crippen LogP contribution in [0.5, 0.6) is 0 Å². The third kappa shape index (κ3) is 1.91. The monoisotopic (exact) mass is 308 g/mol. The zero-order chi connectivity index (χ0) is 15.3. The van der Waals surface area contributed by atoms with E-state index in [4.69, 9.17) is 4.74 Å². The normalized spacial score (nSPS) is 38.0. The molecule has 0 saturated carbocycles. The van der Waals surface area contributed by atoms with Gasteiger partial charge in [-0.3, -0.25) is 4.55 Å². The van der Waals surface area contributed by atoms with Crippen LogP contribution in [0.3, 0.4) is 0 Å². The summed E-state index contributed by atoms with van der Waals surface area (Å²) in [7, 11) is -4.24. The second-order valence-electron chi connectivity index (χ2n) is 5.98. The largest absolute Gasteiger partial charge is 0.358 e. The van der Waals surface area contributed by atoms with Gasteiger partial charge in [-0.05, 0) is 12.0 Å². The number of fused-ring (bicyclic) bond motifs is 1. The van der Waals surface area contributed by atoms with Crippen LogP contribution in [-0.2, 0) is 20.5 Å². The highest BCUT2D eigenvalue weighted by atomic mass is 32.2. The van der Waals surface area contributed by atoms with E-state index in [1.54, 1.807) is 6.08 Å². The van der Waals surface area contributed by atoms with E-state index in [9.17, 15) is 13.0 Å². The van der Waals surface area contributed by atoms with Crippen molar-refractivity contribution in [3.8, 4) is 0 Å². The predicted octanol–water partition coefficient (Wildman–Crippen LogP) is 2.91. The number of epoxide rings is 1. The Balaban J connectivity index is 2.12. The minimum Gasteiger partial charge on any atom is -0.358 e. The van der Waals surface area contributed by atoms with Crippen LogP contribution in [0.2, 0.25) is 0 Å². The summed E-state index contributed by atoms with van der Waals surface area (Å²) in [5, 5.41) is 0. The average molecular weight is 308 g/mol. The molecule has 0 aromatic heterocycles. The fourth-order valence-electron chi connectivity index (χ4n) is 3.64. The Kier molecular flexibility index (Phi) is 3.28. The summed E-state index contributed by atoms with van der Waals surface area (Å²) in [5.41, 5.74) is 0.331. The van der Waals surface area contributed by atoms with Crippen molar-refractivity contribution in [3.05, 3.63) is 48.0 Å². The summed E-state index contributed by atoms with van der Waals surface area (Å²) < 4.78 is 38.5. The van der Waals surface area contributed by atoms with Gasteiger partial charge in [0, 0.05) is 5.92 Å². The lowest BCUT2D eigenvalue weighted by Crippen LogP contribution is -2.47. The molecule has 0 bridgehead atoms. The third-order valence-corrected chi connectivity index (χ3v) is 6.29. The summed E-state index contributed by atoms with van der Waals surface area (Å²) in [6.45, 7) is 3.93. The molecule has 1 aromatic rings. The number of ether oxygens (including phenoxy) is 1. The van der Waals surface area contributed by atoms with Crippen LogP contribution in [-0.4, -0.2) is 23.8 Å². The Hall–Kier alpha value is -1.17. The molecule has 4 atom stereocenters. The van der Waals surface area contributed by atoms with E-state index in [1.165, 1.54) is 0 Å². The number of rotatable bonds is 4. The van der Waals surface area contributed by atoms with Gasteiger partial charge in [-0.1, -0.05) is 62.8 Å². The van der Waals surface area contributed by atoms with E-state index < -0.39 is 26.6 Å². The molecule has 2 aliphatic rings. The predicted molar refractivity (Wildman–Crippen MR) is 80.5 cm³/mol. The Labute approximate surface area is 125 Å². The van der Waals surface area contributed by atoms with Crippen molar-refractivity contribution in [2.24, 2.45) is 5.92 Å². The van der Waals surface area contributed by atoms with Gasteiger partial charge in [0.15, 0.2) is 0 Å². The summed E-state index contributed by atoms with van der Waals surface area (Å²) >= 11 is 0. The molecule has 1 aliphatic heterocycles. The minimum absolute atomic E-state index is 0.0663. The van der Waals surface area contributed by atoms with Gasteiger partial charge >= 0.3 is 0 Å². The van der Waals surface area contributed by atoms with E-state index in [1.807, 2.05) is 50.3 Å². The molecule has 1 fully saturated rings. The van der Waals surface area contributed by atoms with Crippen LogP contribution in [0.25, 0.3) is 0 Å². The Bertz CT molecular complexity index is 667. The van der Waals surface area contributed by atoms with Crippen LogP contribution in [0.4, 0.5) is 0 Å². The second-order valence-corrected chi connectivity index (χ2v) is 7.70. The first kappa shape index (κ1) is 14.8. The van der Waals surface area contributed by atoms with E-state index in [2.05, 4.69) is 0 Å². The van der Waals surface area contributed by atoms with E-state index in [-0.39, 0.29) is 5.92 Å². The van der Waals surface area contributed by atoms with Crippen molar-refractivity contribution in [3.63, 3.8) is 0 Å². The standard InChI is InChI=1S/C16H20O4S/c1-3-10-15(21(17,18)19)11-9-12(2)16(14(15)20-16)13-7-5-4-6-8-13/h4-9,11-12,14H,3,10H2,1-2H3,(H,17,18,19)/t12?,14-,15?,16+/m0/s1. The first-order valence-electron chi connectivity index (χ1n) is 7.28. The molecule has 0 amide bonds. The lowest BCUT2D eigenvalue weighted by Gasteiger charge is -2.33. The number of benzene rings is 1. The summed E-state index contributed by atoms with van der Waals surface area (Å²) in [6, 6.07) is 9.67. The maximum absolute atomic E-state index is 12.0. The fourth-order valence-corrected chi connectivity index (χ4v) is 4.85.